The summed E-state index contributed by atoms with van der Waals surface area (Å²) in [5, 5.41) is 18.0. The molecule has 0 radical (unpaired) electrons. The van der Waals surface area contributed by atoms with Crippen LogP contribution in [0.1, 0.15) is 27.0 Å². The topological polar surface area (TPSA) is 90.1 Å². The van der Waals surface area contributed by atoms with Gasteiger partial charge in [0, 0.05) is 23.4 Å². The molecule has 132 valence electrons. The number of amides is 1. The van der Waals surface area contributed by atoms with Crippen molar-refractivity contribution in [2.24, 2.45) is 0 Å². The van der Waals surface area contributed by atoms with E-state index in [1.807, 2.05) is 31.2 Å². The summed E-state index contributed by atoms with van der Waals surface area (Å²) in [6, 6.07) is 12.6. The lowest BCUT2D eigenvalue weighted by atomic mass is 10.1. The SMILES string of the molecule is Cc1ccc(Cn2cc(NC(=O)c3cccc([N+](=O)[O-])c3C)cn2)cc1. The highest BCUT2D eigenvalue weighted by Gasteiger charge is 2.18. The van der Waals surface area contributed by atoms with Crippen molar-refractivity contribution in [2.75, 3.05) is 5.32 Å². The van der Waals surface area contributed by atoms with Crippen molar-refractivity contribution in [2.45, 2.75) is 20.4 Å². The number of hydrogen-bond donors (Lipinski definition) is 1. The summed E-state index contributed by atoms with van der Waals surface area (Å²) in [5.41, 5.74) is 3.36. The number of carbonyl (C=O) groups excluding carboxylic acids is 1. The predicted octanol–water partition coefficient (Wildman–Crippen LogP) is 3.71. The predicted molar refractivity (Wildman–Crippen MR) is 98.3 cm³/mol. The summed E-state index contributed by atoms with van der Waals surface area (Å²) in [4.78, 5) is 23.0. The van der Waals surface area contributed by atoms with Crippen molar-refractivity contribution < 1.29 is 9.72 Å². The van der Waals surface area contributed by atoms with Gasteiger partial charge in [0.15, 0.2) is 0 Å². The summed E-state index contributed by atoms with van der Waals surface area (Å²) >= 11 is 0. The molecule has 7 heteroatoms. The van der Waals surface area contributed by atoms with Crippen LogP contribution in [0.15, 0.2) is 54.9 Å². The van der Waals surface area contributed by atoms with Gasteiger partial charge in [0.1, 0.15) is 0 Å². The Morgan fingerprint density at radius 3 is 2.62 bits per heavy atom. The Kier molecular flexibility index (Phi) is 4.79. The van der Waals surface area contributed by atoms with E-state index in [2.05, 4.69) is 10.4 Å². The van der Waals surface area contributed by atoms with Crippen molar-refractivity contribution >= 4 is 17.3 Å². The lowest BCUT2D eigenvalue weighted by molar-refractivity contribution is -0.385. The quantitative estimate of drug-likeness (QED) is 0.561. The van der Waals surface area contributed by atoms with E-state index in [1.54, 1.807) is 30.1 Å². The van der Waals surface area contributed by atoms with Crippen LogP contribution in [0.5, 0.6) is 0 Å². The summed E-state index contributed by atoms with van der Waals surface area (Å²) in [5.74, 6) is -0.402. The largest absolute Gasteiger partial charge is 0.319 e. The summed E-state index contributed by atoms with van der Waals surface area (Å²) in [6.45, 7) is 4.18. The van der Waals surface area contributed by atoms with Crippen LogP contribution < -0.4 is 5.32 Å². The van der Waals surface area contributed by atoms with Crippen LogP contribution >= 0.6 is 0 Å². The zero-order valence-corrected chi connectivity index (χ0v) is 14.5. The van der Waals surface area contributed by atoms with Gasteiger partial charge in [-0.15, -0.1) is 0 Å². The van der Waals surface area contributed by atoms with Crippen molar-refractivity contribution in [1.29, 1.82) is 0 Å². The maximum Gasteiger partial charge on any atom is 0.273 e. The lowest BCUT2D eigenvalue weighted by Gasteiger charge is -2.06. The number of nitrogens with zero attached hydrogens (tertiary/aromatic N) is 3. The van der Waals surface area contributed by atoms with Crippen LogP contribution in [0.4, 0.5) is 11.4 Å². The molecule has 3 rings (SSSR count). The van der Waals surface area contributed by atoms with E-state index in [0.717, 1.165) is 5.56 Å². The third-order valence-corrected chi connectivity index (χ3v) is 4.10. The van der Waals surface area contributed by atoms with Crippen molar-refractivity contribution in [3.05, 3.63) is 87.2 Å². The standard InChI is InChI=1S/C19H18N4O3/c1-13-6-8-15(9-7-13)11-22-12-16(10-20-22)21-19(24)17-4-3-5-18(14(17)2)23(25)26/h3-10,12H,11H2,1-2H3,(H,21,24). The Morgan fingerprint density at radius 2 is 1.92 bits per heavy atom. The molecule has 0 aliphatic heterocycles. The number of hydrogen-bond acceptors (Lipinski definition) is 4. The number of anilines is 1. The number of benzene rings is 2. The van der Waals surface area contributed by atoms with E-state index in [1.165, 1.54) is 17.7 Å². The summed E-state index contributed by atoms with van der Waals surface area (Å²) < 4.78 is 1.72. The van der Waals surface area contributed by atoms with Gasteiger partial charge in [-0.2, -0.15) is 5.10 Å². The Bertz CT molecular complexity index is 961. The van der Waals surface area contributed by atoms with Crippen LogP contribution in [-0.2, 0) is 6.54 Å². The second kappa shape index (κ2) is 7.18. The smallest absolute Gasteiger partial charge is 0.273 e. The molecule has 1 heterocycles. The first-order valence-electron chi connectivity index (χ1n) is 8.07. The number of aromatic nitrogens is 2. The van der Waals surface area contributed by atoms with Gasteiger partial charge in [0.05, 0.1) is 23.4 Å². The molecule has 2 aromatic carbocycles. The molecule has 0 saturated carbocycles. The molecule has 0 bridgehead atoms. The number of nitrogens with one attached hydrogen (secondary N) is 1. The number of aryl methyl sites for hydroxylation is 1. The fourth-order valence-electron chi connectivity index (χ4n) is 2.66. The van der Waals surface area contributed by atoms with Crippen LogP contribution in [-0.4, -0.2) is 20.6 Å². The molecule has 0 fully saturated rings. The maximum absolute atomic E-state index is 12.4. The Hall–Kier alpha value is -3.48. The zero-order chi connectivity index (χ0) is 18.7. The number of carbonyl (C=O) groups is 1. The van der Waals surface area contributed by atoms with Gasteiger partial charge in [-0.1, -0.05) is 35.9 Å². The van der Waals surface area contributed by atoms with E-state index in [-0.39, 0.29) is 11.3 Å². The van der Waals surface area contributed by atoms with Crippen LogP contribution in [0.2, 0.25) is 0 Å². The van der Waals surface area contributed by atoms with E-state index < -0.39 is 10.8 Å². The van der Waals surface area contributed by atoms with Crippen LogP contribution in [0.25, 0.3) is 0 Å². The molecule has 0 aliphatic carbocycles. The van der Waals surface area contributed by atoms with Crippen molar-refractivity contribution in [1.82, 2.24) is 9.78 Å². The van der Waals surface area contributed by atoms with Gasteiger partial charge in [-0.3, -0.25) is 19.6 Å². The molecule has 1 amide bonds. The molecular weight excluding hydrogens is 332 g/mol. The molecule has 1 N–H and O–H groups in total. The van der Waals surface area contributed by atoms with E-state index in [0.29, 0.717) is 17.8 Å². The summed E-state index contributed by atoms with van der Waals surface area (Å²) in [7, 11) is 0. The fraction of sp³-hybridized carbons (Fsp3) is 0.158. The van der Waals surface area contributed by atoms with Gasteiger partial charge in [0.25, 0.3) is 11.6 Å². The second-order valence-electron chi connectivity index (χ2n) is 6.07. The minimum absolute atomic E-state index is 0.0762. The molecule has 3 aromatic rings. The molecule has 26 heavy (non-hydrogen) atoms. The number of rotatable bonds is 5. The number of nitro benzene ring substituents is 1. The summed E-state index contributed by atoms with van der Waals surface area (Å²) in [6.07, 6.45) is 3.28. The molecular formula is C19H18N4O3. The normalized spacial score (nSPS) is 10.5. The highest BCUT2D eigenvalue weighted by atomic mass is 16.6. The first kappa shape index (κ1) is 17.3. The van der Waals surface area contributed by atoms with Gasteiger partial charge < -0.3 is 5.32 Å². The second-order valence-corrected chi connectivity index (χ2v) is 6.07. The molecule has 1 aromatic heterocycles. The first-order chi connectivity index (χ1) is 12.4. The van der Waals surface area contributed by atoms with Gasteiger partial charge in [0.2, 0.25) is 0 Å². The van der Waals surface area contributed by atoms with Crippen molar-refractivity contribution in [3.8, 4) is 0 Å². The lowest BCUT2D eigenvalue weighted by Crippen LogP contribution is -2.13. The molecule has 7 nitrogen and oxygen atoms in total. The highest BCUT2D eigenvalue weighted by molar-refractivity contribution is 6.05. The Balaban J connectivity index is 1.73. The Labute approximate surface area is 150 Å². The fourth-order valence-corrected chi connectivity index (χ4v) is 2.66. The molecule has 0 unspecified atom stereocenters. The van der Waals surface area contributed by atoms with E-state index in [9.17, 15) is 14.9 Å². The minimum atomic E-state index is -0.494. The van der Waals surface area contributed by atoms with Gasteiger partial charge >= 0.3 is 0 Å². The van der Waals surface area contributed by atoms with Gasteiger partial charge in [-0.25, -0.2) is 0 Å². The minimum Gasteiger partial charge on any atom is -0.319 e. The molecule has 0 atom stereocenters. The van der Waals surface area contributed by atoms with E-state index in [4.69, 9.17) is 0 Å². The third kappa shape index (κ3) is 3.77. The highest BCUT2D eigenvalue weighted by Crippen LogP contribution is 2.22. The van der Waals surface area contributed by atoms with Crippen LogP contribution in [0.3, 0.4) is 0 Å². The molecule has 0 spiro atoms. The number of nitro groups is 1. The van der Waals surface area contributed by atoms with E-state index >= 15 is 0 Å². The van der Waals surface area contributed by atoms with Crippen molar-refractivity contribution in [3.63, 3.8) is 0 Å². The first-order valence-corrected chi connectivity index (χ1v) is 8.07. The molecule has 0 aliphatic rings. The average molecular weight is 350 g/mol. The van der Waals surface area contributed by atoms with Gasteiger partial charge in [-0.05, 0) is 25.5 Å². The monoisotopic (exact) mass is 350 g/mol. The maximum atomic E-state index is 12.4. The van der Waals surface area contributed by atoms with Crippen LogP contribution in [0, 0.1) is 24.0 Å². The zero-order valence-electron chi connectivity index (χ0n) is 14.5. The Morgan fingerprint density at radius 1 is 1.19 bits per heavy atom. The average Bonchev–Trinajstić information content (AvgIpc) is 3.03. The third-order valence-electron chi connectivity index (χ3n) is 4.10. The molecule has 0 saturated heterocycles.